The van der Waals surface area contributed by atoms with Crippen LogP contribution in [0, 0.1) is 0 Å². The van der Waals surface area contributed by atoms with Crippen LogP contribution in [0.3, 0.4) is 0 Å². The third-order valence-electron chi connectivity index (χ3n) is 3.90. The topological polar surface area (TPSA) is 83.9 Å². The summed E-state index contributed by atoms with van der Waals surface area (Å²) in [6.45, 7) is 0.261. The van der Waals surface area contributed by atoms with Gasteiger partial charge in [0.05, 0.1) is 5.56 Å². The van der Waals surface area contributed by atoms with Crippen LogP contribution in [-0.2, 0) is 20.7 Å². The van der Waals surface area contributed by atoms with E-state index in [1.54, 1.807) is 18.2 Å². The molecule has 0 aromatic heterocycles. The zero-order valence-corrected chi connectivity index (χ0v) is 11.3. The number of carbonyl (C=O) groups excluding carboxylic acids is 2. The molecule has 1 aromatic carbocycles. The van der Waals surface area contributed by atoms with Crippen LogP contribution in [0.5, 0.6) is 0 Å². The summed E-state index contributed by atoms with van der Waals surface area (Å²) in [4.78, 5) is 36.3. The number of imide groups is 1. The molecule has 110 valence electrons. The minimum Gasteiger partial charge on any atom is -0.478 e. The number of carbonyl (C=O) groups is 3. The second-order valence-corrected chi connectivity index (χ2v) is 5.27. The highest BCUT2D eigenvalue weighted by Gasteiger charge is 2.46. The summed E-state index contributed by atoms with van der Waals surface area (Å²) in [5, 5.41) is 8.95. The predicted octanol–water partition coefficient (Wildman–Crippen LogP) is 0.844. The van der Waals surface area contributed by atoms with Crippen molar-refractivity contribution < 1.29 is 24.2 Å². The molecule has 1 aromatic rings. The van der Waals surface area contributed by atoms with Gasteiger partial charge in [-0.25, -0.2) is 4.79 Å². The number of likely N-dealkylation sites (tertiary alicyclic amines) is 1. The van der Waals surface area contributed by atoms with Crippen LogP contribution < -0.4 is 0 Å². The number of aromatic carboxylic acids is 1. The fourth-order valence-electron chi connectivity index (χ4n) is 2.78. The fraction of sp³-hybridized carbons (Fsp3) is 0.400. The highest BCUT2D eigenvalue weighted by molar-refractivity contribution is 6.02. The Morgan fingerprint density at radius 3 is 2.52 bits per heavy atom. The van der Waals surface area contributed by atoms with Gasteiger partial charge >= 0.3 is 5.97 Å². The van der Waals surface area contributed by atoms with E-state index in [0.29, 0.717) is 19.3 Å². The summed E-state index contributed by atoms with van der Waals surface area (Å²) in [6.07, 6.45) is 0.662. The van der Waals surface area contributed by atoms with E-state index in [-0.39, 0.29) is 23.9 Å². The van der Waals surface area contributed by atoms with Crippen molar-refractivity contribution in [2.45, 2.75) is 31.5 Å². The van der Waals surface area contributed by atoms with Crippen LogP contribution in [0.15, 0.2) is 24.3 Å². The lowest BCUT2D eigenvalue weighted by molar-refractivity contribution is -0.168. The molecule has 6 heteroatoms. The van der Waals surface area contributed by atoms with E-state index in [2.05, 4.69) is 0 Å². The molecule has 0 saturated carbocycles. The van der Waals surface area contributed by atoms with Crippen molar-refractivity contribution >= 4 is 17.8 Å². The zero-order chi connectivity index (χ0) is 15.0. The lowest BCUT2D eigenvalue weighted by Gasteiger charge is -2.29. The van der Waals surface area contributed by atoms with Gasteiger partial charge in [0.15, 0.2) is 0 Å². The number of rotatable bonds is 4. The molecule has 6 nitrogen and oxygen atoms in total. The molecule has 0 radical (unpaired) electrons. The Hall–Kier alpha value is -2.21. The molecule has 0 aliphatic carbocycles. The van der Waals surface area contributed by atoms with Crippen molar-refractivity contribution in [3.05, 3.63) is 35.4 Å². The Kier molecular flexibility index (Phi) is 3.47. The molecule has 2 saturated heterocycles. The van der Waals surface area contributed by atoms with Gasteiger partial charge in [-0.05, 0) is 37.0 Å². The number of ether oxygens (including phenoxy) is 1. The molecule has 0 spiro atoms. The van der Waals surface area contributed by atoms with Crippen molar-refractivity contribution in [2.24, 2.45) is 0 Å². The average molecular weight is 289 g/mol. The van der Waals surface area contributed by atoms with Crippen LogP contribution in [0.2, 0.25) is 0 Å². The second kappa shape index (κ2) is 5.29. The van der Waals surface area contributed by atoms with Crippen LogP contribution in [0.25, 0.3) is 0 Å². The number of hydrogen-bond acceptors (Lipinski definition) is 4. The quantitative estimate of drug-likeness (QED) is 0.830. The Bertz CT molecular complexity index is 590. The van der Waals surface area contributed by atoms with Gasteiger partial charge in [0.1, 0.15) is 12.2 Å². The number of fused-ring (bicyclic) bond motifs is 2. The van der Waals surface area contributed by atoms with E-state index in [1.165, 1.54) is 11.0 Å². The number of carboxylic acids is 1. The standard InChI is InChI=1S/C15H15NO5/c17-13-11-4-5-12(21-11)14(18)16(13)7-6-9-2-1-3-10(8-9)15(19)20/h1-3,8,11-12H,4-7H2,(H,19,20). The van der Waals surface area contributed by atoms with Gasteiger partial charge in [-0.2, -0.15) is 0 Å². The third-order valence-corrected chi connectivity index (χ3v) is 3.90. The highest BCUT2D eigenvalue weighted by atomic mass is 16.5. The lowest BCUT2D eigenvalue weighted by Crippen LogP contribution is -2.52. The van der Waals surface area contributed by atoms with E-state index in [1.807, 2.05) is 0 Å². The third kappa shape index (κ3) is 2.54. The van der Waals surface area contributed by atoms with Crippen LogP contribution >= 0.6 is 0 Å². The molecule has 2 atom stereocenters. The Morgan fingerprint density at radius 1 is 1.24 bits per heavy atom. The lowest BCUT2D eigenvalue weighted by atomic mass is 10.1. The van der Waals surface area contributed by atoms with Gasteiger partial charge in [-0.3, -0.25) is 14.5 Å². The summed E-state index contributed by atoms with van der Waals surface area (Å²) in [6, 6.07) is 6.52. The minimum absolute atomic E-state index is 0.201. The molecule has 3 rings (SSSR count). The predicted molar refractivity (Wildman–Crippen MR) is 71.7 cm³/mol. The minimum atomic E-state index is -0.992. The molecule has 2 aliphatic heterocycles. The molecule has 2 heterocycles. The molecular formula is C15H15NO5. The van der Waals surface area contributed by atoms with Crippen molar-refractivity contribution in [1.82, 2.24) is 4.90 Å². The molecule has 2 unspecified atom stereocenters. The van der Waals surface area contributed by atoms with Crippen LogP contribution in [0.1, 0.15) is 28.8 Å². The fourth-order valence-corrected chi connectivity index (χ4v) is 2.78. The van der Waals surface area contributed by atoms with Crippen LogP contribution in [-0.4, -0.2) is 46.5 Å². The molecule has 2 fully saturated rings. The molecule has 2 amide bonds. The van der Waals surface area contributed by atoms with E-state index >= 15 is 0 Å². The molecule has 21 heavy (non-hydrogen) atoms. The van der Waals surface area contributed by atoms with Gasteiger partial charge in [0, 0.05) is 6.54 Å². The van der Waals surface area contributed by atoms with Gasteiger partial charge in [0.25, 0.3) is 11.8 Å². The summed E-state index contributed by atoms with van der Waals surface area (Å²) in [5.41, 5.74) is 0.988. The summed E-state index contributed by atoms with van der Waals surface area (Å²) >= 11 is 0. The second-order valence-electron chi connectivity index (χ2n) is 5.27. The number of benzene rings is 1. The zero-order valence-electron chi connectivity index (χ0n) is 11.3. The number of carboxylic acid groups (broad SMARTS) is 1. The first-order valence-electron chi connectivity index (χ1n) is 6.89. The van der Waals surface area contributed by atoms with E-state index < -0.39 is 18.2 Å². The monoisotopic (exact) mass is 289 g/mol. The molecule has 2 bridgehead atoms. The summed E-state index contributed by atoms with van der Waals surface area (Å²) in [7, 11) is 0. The van der Waals surface area contributed by atoms with Crippen molar-refractivity contribution in [3.63, 3.8) is 0 Å². The number of hydrogen-bond donors (Lipinski definition) is 1. The first-order chi connectivity index (χ1) is 10.1. The van der Waals surface area contributed by atoms with Gasteiger partial charge in [-0.15, -0.1) is 0 Å². The van der Waals surface area contributed by atoms with E-state index in [4.69, 9.17) is 9.84 Å². The van der Waals surface area contributed by atoms with Gasteiger partial charge in [0.2, 0.25) is 0 Å². The average Bonchev–Trinajstić information content (AvgIpc) is 2.93. The largest absolute Gasteiger partial charge is 0.478 e. The van der Waals surface area contributed by atoms with E-state index in [0.717, 1.165) is 5.56 Å². The maximum Gasteiger partial charge on any atom is 0.335 e. The van der Waals surface area contributed by atoms with Crippen LogP contribution in [0.4, 0.5) is 0 Å². The molecule has 1 N–H and O–H groups in total. The smallest absolute Gasteiger partial charge is 0.335 e. The summed E-state index contributed by atoms with van der Waals surface area (Å²) < 4.78 is 5.34. The first kappa shape index (κ1) is 13.8. The SMILES string of the molecule is O=C(O)c1cccc(CCN2C(=O)C3CCC(O3)C2=O)c1. The van der Waals surface area contributed by atoms with E-state index in [9.17, 15) is 14.4 Å². The number of morpholine rings is 1. The van der Waals surface area contributed by atoms with Crippen molar-refractivity contribution in [2.75, 3.05) is 6.54 Å². The maximum atomic E-state index is 12.1. The normalized spacial score (nSPS) is 24.5. The Labute approximate surface area is 121 Å². The Balaban J connectivity index is 1.70. The van der Waals surface area contributed by atoms with Crippen molar-refractivity contribution in [1.29, 1.82) is 0 Å². The highest BCUT2D eigenvalue weighted by Crippen LogP contribution is 2.28. The van der Waals surface area contributed by atoms with Gasteiger partial charge < -0.3 is 9.84 Å². The molecular weight excluding hydrogens is 274 g/mol. The summed E-state index contributed by atoms with van der Waals surface area (Å²) in [5.74, 6) is -1.54. The number of nitrogens with zero attached hydrogens (tertiary/aromatic N) is 1. The Morgan fingerprint density at radius 2 is 1.90 bits per heavy atom. The maximum absolute atomic E-state index is 12.1. The number of amides is 2. The first-order valence-corrected chi connectivity index (χ1v) is 6.89. The van der Waals surface area contributed by atoms with Gasteiger partial charge in [-0.1, -0.05) is 12.1 Å². The molecule has 2 aliphatic rings. The van der Waals surface area contributed by atoms with Crippen molar-refractivity contribution in [3.8, 4) is 0 Å².